The number of hydrogen-bond acceptors (Lipinski definition) is 1. The van der Waals surface area contributed by atoms with Crippen LogP contribution in [0.3, 0.4) is 0 Å². The second kappa shape index (κ2) is 4.28. The lowest BCUT2D eigenvalue weighted by Gasteiger charge is -2.26. The van der Waals surface area contributed by atoms with Crippen molar-refractivity contribution in [2.75, 3.05) is 0 Å². The molecule has 0 aliphatic carbocycles. The van der Waals surface area contributed by atoms with Gasteiger partial charge < -0.3 is 4.90 Å². The minimum absolute atomic E-state index is 0.0681. The summed E-state index contributed by atoms with van der Waals surface area (Å²) in [6, 6.07) is 10.8. The van der Waals surface area contributed by atoms with E-state index in [0.717, 1.165) is 12.0 Å². The Morgan fingerprint density at radius 2 is 1.88 bits per heavy atom. The zero-order chi connectivity index (χ0) is 11.7. The van der Waals surface area contributed by atoms with Gasteiger partial charge in [0.05, 0.1) is 5.92 Å². The Balaban J connectivity index is 2.24. The molecule has 2 nitrogen and oxygen atoms in total. The molecule has 2 heteroatoms. The smallest absolute Gasteiger partial charge is 0.230 e. The highest BCUT2D eigenvalue weighted by atomic mass is 16.2. The van der Waals surface area contributed by atoms with Crippen molar-refractivity contribution < 1.29 is 4.79 Å². The number of likely N-dealkylation sites (tertiary alicyclic amines) is 1. The van der Waals surface area contributed by atoms with Crippen molar-refractivity contribution in [1.82, 2.24) is 4.90 Å². The summed E-state index contributed by atoms with van der Waals surface area (Å²) in [6.07, 6.45) is 0.945. The molecule has 1 saturated heterocycles. The van der Waals surface area contributed by atoms with Crippen LogP contribution in [-0.2, 0) is 4.79 Å². The van der Waals surface area contributed by atoms with Gasteiger partial charge in [-0.1, -0.05) is 30.3 Å². The van der Waals surface area contributed by atoms with E-state index in [4.69, 9.17) is 0 Å². The van der Waals surface area contributed by atoms with Crippen LogP contribution in [0.2, 0.25) is 0 Å². The molecule has 1 aliphatic rings. The van der Waals surface area contributed by atoms with Crippen LogP contribution >= 0.6 is 0 Å². The average molecular weight is 217 g/mol. The second-order valence-corrected chi connectivity index (χ2v) is 4.89. The van der Waals surface area contributed by atoms with Gasteiger partial charge in [-0.05, 0) is 32.8 Å². The van der Waals surface area contributed by atoms with Gasteiger partial charge in [0.1, 0.15) is 0 Å². The Bertz CT molecular complexity index is 372. The molecule has 0 spiro atoms. The lowest BCUT2D eigenvalue weighted by Crippen LogP contribution is -2.37. The van der Waals surface area contributed by atoms with Crippen molar-refractivity contribution in [3.05, 3.63) is 35.9 Å². The first-order valence-electron chi connectivity index (χ1n) is 5.98. The number of carbonyl (C=O) groups is 1. The van der Waals surface area contributed by atoms with Crippen molar-refractivity contribution in [1.29, 1.82) is 0 Å². The molecule has 1 aromatic rings. The molecule has 16 heavy (non-hydrogen) atoms. The molecule has 2 rings (SSSR count). The first-order chi connectivity index (χ1) is 7.61. The minimum atomic E-state index is 0.0681. The van der Waals surface area contributed by atoms with Crippen LogP contribution in [-0.4, -0.2) is 22.9 Å². The van der Waals surface area contributed by atoms with E-state index in [9.17, 15) is 4.79 Å². The summed E-state index contributed by atoms with van der Waals surface area (Å²) >= 11 is 0. The maximum absolute atomic E-state index is 12.3. The average Bonchev–Trinajstić information content (AvgIpc) is 2.55. The molecule has 0 bridgehead atoms. The van der Waals surface area contributed by atoms with E-state index in [1.165, 1.54) is 0 Å². The molecule has 1 amide bonds. The van der Waals surface area contributed by atoms with Crippen molar-refractivity contribution in [3.63, 3.8) is 0 Å². The van der Waals surface area contributed by atoms with E-state index in [-0.39, 0.29) is 11.8 Å². The maximum atomic E-state index is 12.3. The Hall–Kier alpha value is -1.31. The number of rotatable bonds is 2. The standard InChI is InChI=1S/C14H19NO/c1-10(2)15-11(3)9-13(14(15)16)12-7-5-4-6-8-12/h4-8,10-11,13H,9H2,1-3H3/t11-,13+/m1/s1. The molecular weight excluding hydrogens is 198 g/mol. The number of carbonyl (C=O) groups excluding carboxylic acids is 1. The fourth-order valence-corrected chi connectivity index (χ4v) is 2.68. The van der Waals surface area contributed by atoms with Crippen LogP contribution in [0.15, 0.2) is 30.3 Å². The lowest BCUT2D eigenvalue weighted by molar-refractivity contribution is -0.131. The number of hydrogen-bond donors (Lipinski definition) is 0. The summed E-state index contributed by atoms with van der Waals surface area (Å²) in [7, 11) is 0. The summed E-state index contributed by atoms with van der Waals surface area (Å²) in [5, 5.41) is 0. The molecule has 2 atom stereocenters. The van der Waals surface area contributed by atoms with E-state index in [1.54, 1.807) is 0 Å². The van der Waals surface area contributed by atoms with Crippen LogP contribution < -0.4 is 0 Å². The predicted molar refractivity (Wildman–Crippen MR) is 65.2 cm³/mol. The largest absolute Gasteiger partial charge is 0.337 e. The SMILES string of the molecule is CC(C)N1C(=O)[C@H](c2ccccc2)C[C@H]1C. The fraction of sp³-hybridized carbons (Fsp3) is 0.500. The molecular formula is C14H19NO. The van der Waals surface area contributed by atoms with Gasteiger partial charge in [-0.2, -0.15) is 0 Å². The zero-order valence-electron chi connectivity index (χ0n) is 10.2. The quantitative estimate of drug-likeness (QED) is 0.746. The van der Waals surface area contributed by atoms with Crippen molar-refractivity contribution in [3.8, 4) is 0 Å². The molecule has 0 N–H and O–H groups in total. The first-order valence-corrected chi connectivity index (χ1v) is 5.98. The number of benzene rings is 1. The van der Waals surface area contributed by atoms with Crippen molar-refractivity contribution in [2.45, 2.75) is 45.2 Å². The van der Waals surface area contributed by atoms with E-state index in [2.05, 4.69) is 32.9 Å². The van der Waals surface area contributed by atoms with E-state index in [1.807, 2.05) is 23.1 Å². The number of nitrogens with zero attached hydrogens (tertiary/aromatic N) is 1. The van der Waals surface area contributed by atoms with Gasteiger partial charge in [0.15, 0.2) is 0 Å². The van der Waals surface area contributed by atoms with E-state index in [0.29, 0.717) is 12.1 Å². The molecule has 0 radical (unpaired) electrons. The number of amides is 1. The van der Waals surface area contributed by atoms with Crippen LogP contribution in [0.1, 0.15) is 38.7 Å². The third kappa shape index (κ3) is 1.84. The Morgan fingerprint density at radius 3 is 2.38 bits per heavy atom. The summed E-state index contributed by atoms with van der Waals surface area (Å²) in [4.78, 5) is 14.3. The second-order valence-electron chi connectivity index (χ2n) is 4.89. The molecule has 0 unspecified atom stereocenters. The van der Waals surface area contributed by atoms with Crippen LogP contribution in [0.4, 0.5) is 0 Å². The summed E-state index contributed by atoms with van der Waals surface area (Å²) in [6.45, 7) is 6.31. The molecule has 1 aromatic carbocycles. The van der Waals surface area contributed by atoms with Gasteiger partial charge in [0.2, 0.25) is 5.91 Å². The monoisotopic (exact) mass is 217 g/mol. The van der Waals surface area contributed by atoms with Crippen LogP contribution in [0, 0.1) is 0 Å². The third-order valence-electron chi connectivity index (χ3n) is 3.36. The van der Waals surface area contributed by atoms with Gasteiger partial charge in [0.25, 0.3) is 0 Å². The maximum Gasteiger partial charge on any atom is 0.230 e. The summed E-state index contributed by atoms with van der Waals surface area (Å²) in [5.41, 5.74) is 1.16. The van der Waals surface area contributed by atoms with Crippen LogP contribution in [0.5, 0.6) is 0 Å². The third-order valence-corrected chi connectivity index (χ3v) is 3.36. The Morgan fingerprint density at radius 1 is 1.25 bits per heavy atom. The Labute approximate surface area is 97.3 Å². The molecule has 1 fully saturated rings. The van der Waals surface area contributed by atoms with Gasteiger partial charge in [0, 0.05) is 12.1 Å². The van der Waals surface area contributed by atoms with E-state index >= 15 is 0 Å². The highest BCUT2D eigenvalue weighted by Gasteiger charge is 2.38. The minimum Gasteiger partial charge on any atom is -0.337 e. The highest BCUT2D eigenvalue weighted by molar-refractivity contribution is 5.86. The van der Waals surface area contributed by atoms with E-state index < -0.39 is 0 Å². The predicted octanol–water partition coefficient (Wildman–Crippen LogP) is 2.80. The van der Waals surface area contributed by atoms with Gasteiger partial charge in [-0.25, -0.2) is 0 Å². The zero-order valence-corrected chi connectivity index (χ0v) is 10.2. The first kappa shape index (κ1) is 11.2. The molecule has 1 heterocycles. The topological polar surface area (TPSA) is 20.3 Å². The van der Waals surface area contributed by atoms with Crippen molar-refractivity contribution >= 4 is 5.91 Å². The van der Waals surface area contributed by atoms with Gasteiger partial charge in [-0.3, -0.25) is 4.79 Å². The summed E-state index contributed by atoms with van der Waals surface area (Å²) < 4.78 is 0. The molecule has 86 valence electrons. The Kier molecular flexibility index (Phi) is 2.99. The lowest BCUT2D eigenvalue weighted by atomic mass is 9.96. The van der Waals surface area contributed by atoms with Gasteiger partial charge in [-0.15, -0.1) is 0 Å². The normalized spacial score (nSPS) is 25.5. The van der Waals surface area contributed by atoms with Crippen LogP contribution in [0.25, 0.3) is 0 Å². The van der Waals surface area contributed by atoms with Gasteiger partial charge >= 0.3 is 0 Å². The molecule has 1 aliphatic heterocycles. The summed E-state index contributed by atoms with van der Waals surface area (Å²) in [5.74, 6) is 0.354. The molecule has 0 saturated carbocycles. The fourth-order valence-electron chi connectivity index (χ4n) is 2.68. The van der Waals surface area contributed by atoms with Crippen molar-refractivity contribution in [2.24, 2.45) is 0 Å². The highest BCUT2D eigenvalue weighted by Crippen LogP contribution is 2.33. The molecule has 0 aromatic heterocycles.